The molecule has 1 saturated heterocycles. The number of likely N-dealkylation sites (N-methyl/N-ethyl adjacent to an activating group) is 1. The van der Waals surface area contributed by atoms with Crippen molar-refractivity contribution >= 4 is 56.5 Å². The molecule has 0 saturated carbocycles. The highest BCUT2D eigenvalue weighted by Crippen LogP contribution is 2.39. The Morgan fingerprint density at radius 2 is 1.97 bits per heavy atom. The van der Waals surface area contributed by atoms with E-state index in [1.807, 2.05) is 13.0 Å². The van der Waals surface area contributed by atoms with E-state index in [1.165, 1.54) is 18.9 Å². The summed E-state index contributed by atoms with van der Waals surface area (Å²) < 4.78 is 16.2. The number of rotatable bonds is 6. The van der Waals surface area contributed by atoms with Crippen LogP contribution in [0.2, 0.25) is 0 Å². The molecule has 0 atom stereocenters. The Bertz CT molecular complexity index is 1080. The maximum absolute atomic E-state index is 12.9. The number of nitrogens with zero attached hydrogens (tertiary/aromatic N) is 2. The fraction of sp³-hybridized carbons (Fsp3) is 0.227. The lowest BCUT2D eigenvalue weighted by atomic mass is 10.2. The van der Waals surface area contributed by atoms with E-state index in [9.17, 15) is 9.59 Å². The summed E-state index contributed by atoms with van der Waals surface area (Å²) in [5, 5.41) is 0.542. The minimum atomic E-state index is -0.441. The molecule has 0 aliphatic carbocycles. The average Bonchev–Trinajstić information content (AvgIpc) is 3.06. The Balaban J connectivity index is 1.96. The third kappa shape index (κ3) is 4.94. The van der Waals surface area contributed by atoms with Crippen LogP contribution in [0.5, 0.6) is 11.5 Å². The monoisotopic (exact) mass is 504 g/mol. The lowest BCUT2D eigenvalue weighted by Crippen LogP contribution is -2.28. The van der Waals surface area contributed by atoms with Gasteiger partial charge in [-0.1, -0.05) is 6.07 Å². The molecule has 2 aromatic carbocycles. The van der Waals surface area contributed by atoms with E-state index in [4.69, 9.17) is 14.2 Å². The van der Waals surface area contributed by atoms with Crippen molar-refractivity contribution in [1.82, 2.24) is 4.90 Å². The average molecular weight is 505 g/mol. The minimum Gasteiger partial charge on any atom is -0.493 e. The highest BCUT2D eigenvalue weighted by atomic mass is 79.9. The van der Waals surface area contributed by atoms with Gasteiger partial charge in [-0.2, -0.15) is 0 Å². The second-order valence-electron chi connectivity index (χ2n) is 6.33. The molecule has 3 rings (SSSR count). The van der Waals surface area contributed by atoms with Gasteiger partial charge < -0.3 is 14.2 Å². The molecule has 1 aliphatic heterocycles. The van der Waals surface area contributed by atoms with Crippen LogP contribution in [0.25, 0.3) is 6.08 Å². The van der Waals surface area contributed by atoms with Crippen molar-refractivity contribution in [1.29, 1.82) is 0 Å². The molecule has 1 heterocycles. The summed E-state index contributed by atoms with van der Waals surface area (Å²) in [5.41, 5.74) is 1.74. The molecular formula is C22H21BrN2O5S. The van der Waals surface area contributed by atoms with Crippen LogP contribution < -0.4 is 9.47 Å². The van der Waals surface area contributed by atoms with Crippen molar-refractivity contribution in [3.63, 3.8) is 0 Å². The largest absolute Gasteiger partial charge is 0.493 e. The molecular weight excluding hydrogens is 484 g/mol. The van der Waals surface area contributed by atoms with Gasteiger partial charge in [-0.3, -0.25) is 9.69 Å². The molecule has 0 spiro atoms. The summed E-state index contributed by atoms with van der Waals surface area (Å²) in [6, 6.07) is 10.4. The van der Waals surface area contributed by atoms with E-state index in [-0.39, 0.29) is 5.91 Å². The Hall–Kier alpha value is -2.78. The van der Waals surface area contributed by atoms with Crippen molar-refractivity contribution in [2.24, 2.45) is 4.99 Å². The predicted octanol–water partition coefficient (Wildman–Crippen LogP) is 4.88. The van der Waals surface area contributed by atoms with Gasteiger partial charge in [-0.25, -0.2) is 9.79 Å². The van der Waals surface area contributed by atoms with Gasteiger partial charge in [-0.15, -0.1) is 0 Å². The van der Waals surface area contributed by atoms with E-state index in [2.05, 4.69) is 20.9 Å². The number of methoxy groups -OCH3 is 3. The second-order valence-corrected chi connectivity index (χ2v) is 8.20. The van der Waals surface area contributed by atoms with Gasteiger partial charge in [0.25, 0.3) is 5.91 Å². The summed E-state index contributed by atoms with van der Waals surface area (Å²) in [6.45, 7) is 2.35. The summed E-state index contributed by atoms with van der Waals surface area (Å²) in [7, 11) is 4.45. The highest BCUT2D eigenvalue weighted by Gasteiger charge is 2.32. The third-order valence-electron chi connectivity index (χ3n) is 4.45. The quantitative estimate of drug-likeness (QED) is 0.412. The summed E-state index contributed by atoms with van der Waals surface area (Å²) in [5.74, 6) is 0.559. The number of esters is 1. The normalized spacial score (nSPS) is 16.2. The van der Waals surface area contributed by atoms with Crippen LogP contribution in [0.4, 0.5) is 5.69 Å². The number of thioether (sulfide) groups is 1. The molecule has 1 amide bonds. The van der Waals surface area contributed by atoms with Gasteiger partial charge in [0.1, 0.15) is 0 Å². The zero-order valence-electron chi connectivity index (χ0n) is 17.5. The zero-order chi connectivity index (χ0) is 22.5. The molecule has 9 heteroatoms. The van der Waals surface area contributed by atoms with Gasteiger partial charge in [0.05, 0.1) is 42.0 Å². The van der Waals surface area contributed by atoms with Gasteiger partial charge in [0, 0.05) is 6.54 Å². The first-order valence-corrected chi connectivity index (χ1v) is 10.9. The van der Waals surface area contributed by atoms with Crippen molar-refractivity contribution in [2.45, 2.75) is 6.92 Å². The fourth-order valence-electron chi connectivity index (χ4n) is 2.97. The predicted molar refractivity (Wildman–Crippen MR) is 125 cm³/mol. The number of aliphatic imine (C=N–C) groups is 1. The maximum atomic E-state index is 12.9. The number of benzene rings is 2. The van der Waals surface area contributed by atoms with Crippen LogP contribution in [0.1, 0.15) is 22.8 Å². The number of carbonyl (C=O) groups excluding carboxylic acids is 2. The molecule has 0 bridgehead atoms. The van der Waals surface area contributed by atoms with Crippen LogP contribution in [0.3, 0.4) is 0 Å². The van der Waals surface area contributed by atoms with Gasteiger partial charge in [0.2, 0.25) is 0 Å². The number of ether oxygens (including phenoxy) is 3. The van der Waals surface area contributed by atoms with E-state index in [0.717, 1.165) is 10.0 Å². The second kappa shape index (κ2) is 10.0. The van der Waals surface area contributed by atoms with Crippen LogP contribution >= 0.6 is 27.7 Å². The lowest BCUT2D eigenvalue weighted by Gasteiger charge is -2.12. The molecule has 31 heavy (non-hydrogen) atoms. The zero-order valence-corrected chi connectivity index (χ0v) is 19.9. The van der Waals surface area contributed by atoms with Crippen molar-refractivity contribution in [3.05, 3.63) is 56.9 Å². The minimum absolute atomic E-state index is 0.138. The number of amidine groups is 1. The molecule has 1 aliphatic rings. The summed E-state index contributed by atoms with van der Waals surface area (Å²) >= 11 is 4.75. The van der Waals surface area contributed by atoms with Crippen molar-refractivity contribution in [3.8, 4) is 11.5 Å². The molecule has 0 unspecified atom stereocenters. The molecule has 162 valence electrons. The number of halogens is 1. The van der Waals surface area contributed by atoms with E-state index >= 15 is 0 Å². The first kappa shape index (κ1) is 22.9. The number of amides is 1. The third-order valence-corrected chi connectivity index (χ3v) is 6.05. The SMILES string of the molecule is CCN1C(=O)C(=Cc2cc(Br)c(OC)c(OC)c2)SC1=Nc1cccc(C(=O)OC)c1. The number of hydrogen-bond acceptors (Lipinski definition) is 7. The Morgan fingerprint density at radius 3 is 2.61 bits per heavy atom. The smallest absolute Gasteiger partial charge is 0.337 e. The maximum Gasteiger partial charge on any atom is 0.337 e. The highest BCUT2D eigenvalue weighted by molar-refractivity contribution is 9.10. The fourth-order valence-corrected chi connectivity index (χ4v) is 4.66. The summed E-state index contributed by atoms with van der Waals surface area (Å²) in [6.07, 6.45) is 1.79. The van der Waals surface area contributed by atoms with Crippen molar-refractivity contribution < 1.29 is 23.8 Å². The molecule has 0 N–H and O–H groups in total. The molecule has 7 nitrogen and oxygen atoms in total. The van der Waals surface area contributed by atoms with Crippen LogP contribution in [-0.4, -0.2) is 49.8 Å². The standard InChI is InChI=1S/C22H21BrN2O5S/c1-5-25-20(26)18(11-13-9-16(23)19(29-3)17(10-13)28-2)31-22(25)24-15-8-6-7-14(12-15)21(27)30-4/h6-12H,5H2,1-4H3. The van der Waals surface area contributed by atoms with Crippen LogP contribution in [0.15, 0.2) is 50.8 Å². The van der Waals surface area contributed by atoms with Crippen LogP contribution in [0, 0.1) is 0 Å². The summed E-state index contributed by atoms with van der Waals surface area (Å²) in [4.78, 5) is 31.4. The van der Waals surface area contributed by atoms with Gasteiger partial charge >= 0.3 is 5.97 Å². The topological polar surface area (TPSA) is 77.4 Å². The first-order chi connectivity index (χ1) is 14.9. The lowest BCUT2D eigenvalue weighted by molar-refractivity contribution is -0.122. The van der Waals surface area contributed by atoms with Gasteiger partial charge in [-0.05, 0) is 76.6 Å². The Morgan fingerprint density at radius 1 is 1.19 bits per heavy atom. The Labute approximate surface area is 193 Å². The van der Waals surface area contributed by atoms with Crippen LogP contribution in [-0.2, 0) is 9.53 Å². The number of carbonyl (C=O) groups is 2. The van der Waals surface area contributed by atoms with Crippen molar-refractivity contribution in [2.75, 3.05) is 27.9 Å². The Kier molecular flexibility index (Phi) is 7.40. The van der Waals surface area contributed by atoms with E-state index < -0.39 is 5.97 Å². The molecule has 0 radical (unpaired) electrons. The molecule has 2 aromatic rings. The first-order valence-electron chi connectivity index (χ1n) is 9.31. The number of hydrogen-bond donors (Lipinski definition) is 0. The van der Waals surface area contributed by atoms with Gasteiger partial charge in [0.15, 0.2) is 16.7 Å². The molecule has 0 aromatic heterocycles. The van der Waals surface area contributed by atoms with E-state index in [1.54, 1.807) is 55.5 Å². The molecule has 1 fully saturated rings. The van der Waals surface area contributed by atoms with E-state index in [0.29, 0.717) is 39.4 Å².